The molecule has 0 aromatic heterocycles. The van der Waals surface area contributed by atoms with Crippen LogP contribution in [0.25, 0.3) is 0 Å². The molecule has 0 spiro atoms. The third kappa shape index (κ3) is 11.6. The molecule has 3 heterocycles. The van der Waals surface area contributed by atoms with Crippen LogP contribution in [0.4, 0.5) is 0 Å². The van der Waals surface area contributed by atoms with Crippen molar-refractivity contribution >= 4 is 0 Å². The van der Waals surface area contributed by atoms with Crippen LogP contribution in [0.1, 0.15) is 92.2 Å². The summed E-state index contributed by atoms with van der Waals surface area (Å²) in [5, 5.41) is 117. The molecule has 17 atom stereocenters. The molecule has 3 saturated heterocycles. The fourth-order valence-electron chi connectivity index (χ4n) is 7.98. The van der Waals surface area contributed by atoms with Gasteiger partial charge in [0.25, 0.3) is 0 Å². The van der Waals surface area contributed by atoms with E-state index in [4.69, 9.17) is 28.4 Å². The van der Waals surface area contributed by atoms with Gasteiger partial charge in [-0.25, -0.2) is 0 Å². The fourth-order valence-corrected chi connectivity index (χ4v) is 7.98. The van der Waals surface area contributed by atoms with E-state index in [-0.39, 0.29) is 45.6 Å². The van der Waals surface area contributed by atoms with Crippen LogP contribution in [0.2, 0.25) is 0 Å². The molecule has 0 amide bonds. The van der Waals surface area contributed by atoms with Gasteiger partial charge >= 0.3 is 0 Å². The zero-order chi connectivity index (χ0) is 41.0. The van der Waals surface area contributed by atoms with Crippen molar-refractivity contribution in [1.29, 1.82) is 0 Å². The number of aliphatic hydroxyl groups excluding tert-OH is 10. The Morgan fingerprint density at radius 2 is 1.24 bits per heavy atom. The number of aryl methyl sites for hydroxylation is 1. The van der Waals surface area contributed by atoms with E-state index in [1.165, 1.54) is 0 Å². The molecule has 342 valence electrons. The Kier molecular flexibility index (Phi) is 20.8. The van der Waals surface area contributed by atoms with Crippen LogP contribution >= 0.6 is 0 Å². The SMILES string of the molecule is C.C.C.C=C(C)[C@@H]1CCC(C)=C[C@H]1c1c(O)cc(CCCCC)cc1O[C@@H]1O[C@H](CO)[C@@H](O[C@@H]2O[C@H](CO)[C@@H](O)[C@H](O)[C@H]2O)[C@H](O[C@@H]2O[C@H](CO)[C@@H](O)[C@H](O)[C@H]2O)[C@H]1O. The third-order valence-corrected chi connectivity index (χ3v) is 11.3. The second-order valence-electron chi connectivity index (χ2n) is 15.4. The van der Waals surface area contributed by atoms with Gasteiger partial charge in [0.2, 0.25) is 6.29 Å². The number of ether oxygens (including phenoxy) is 6. The molecule has 11 N–H and O–H groups in total. The maximum absolute atomic E-state index is 12.1. The normalized spacial score (nSPS) is 38.5. The lowest BCUT2D eigenvalue weighted by Crippen LogP contribution is -2.67. The predicted octanol–water partition coefficient (Wildman–Crippen LogP) is 0.876. The van der Waals surface area contributed by atoms with Crippen molar-refractivity contribution < 1.29 is 84.6 Å². The minimum Gasteiger partial charge on any atom is -0.507 e. The van der Waals surface area contributed by atoms with Crippen LogP contribution in [0.3, 0.4) is 0 Å². The van der Waals surface area contributed by atoms with Crippen LogP contribution in [0, 0.1) is 5.92 Å². The zero-order valence-corrected chi connectivity index (χ0v) is 32.0. The monoisotopic (exact) mass is 848 g/mol. The van der Waals surface area contributed by atoms with Crippen molar-refractivity contribution in [3.63, 3.8) is 0 Å². The smallest absolute Gasteiger partial charge is 0.229 e. The van der Waals surface area contributed by atoms with Crippen LogP contribution in [0.15, 0.2) is 35.9 Å². The van der Waals surface area contributed by atoms with E-state index in [1.807, 2.05) is 19.9 Å². The lowest BCUT2D eigenvalue weighted by Gasteiger charge is -2.49. The second kappa shape index (κ2) is 23.2. The van der Waals surface area contributed by atoms with Gasteiger partial charge in [-0.1, -0.05) is 65.8 Å². The standard InChI is InChI=1S/C39H60O17.3CH4/c1-5-6-7-8-19-12-22(43)27(21-11-18(4)9-10-20(21)17(2)3)23(13-19)51-39-34(50)36(56-38-33(49)31(47)29(45)25(15-41)53-38)35(26(16-42)54-39)55-37-32(48)30(46)28(44)24(14-40)52-37;;;/h11-13,20-21,24-26,28-50H,2,5-10,14-16H2,1,3-4H3;3*1H4/t20-,21+,24+,25+,26+,28+,29+,30-,31-,32+,33+,34+,35+,36+,37-,38-,39+;;;/m0.../s1. The summed E-state index contributed by atoms with van der Waals surface area (Å²) in [5.41, 5.74) is 3.16. The van der Waals surface area contributed by atoms with Gasteiger partial charge in [-0.3, -0.25) is 0 Å². The number of rotatable bonds is 15. The maximum atomic E-state index is 12.1. The first-order valence-corrected chi connectivity index (χ1v) is 19.4. The van der Waals surface area contributed by atoms with Crippen molar-refractivity contribution in [2.24, 2.45) is 5.92 Å². The van der Waals surface area contributed by atoms with Crippen molar-refractivity contribution in [3.8, 4) is 11.5 Å². The van der Waals surface area contributed by atoms with E-state index in [2.05, 4.69) is 13.5 Å². The van der Waals surface area contributed by atoms with E-state index in [9.17, 15) is 56.2 Å². The Bertz CT molecular complexity index is 1470. The maximum Gasteiger partial charge on any atom is 0.229 e. The highest BCUT2D eigenvalue weighted by molar-refractivity contribution is 5.52. The lowest BCUT2D eigenvalue weighted by molar-refractivity contribution is -0.381. The van der Waals surface area contributed by atoms with Gasteiger partial charge in [-0.05, 0) is 63.1 Å². The first-order valence-electron chi connectivity index (χ1n) is 19.4. The molecule has 59 heavy (non-hydrogen) atoms. The molecular weight excluding hydrogens is 776 g/mol. The Balaban J connectivity index is 0.00000400. The number of hydrogen-bond donors (Lipinski definition) is 11. The molecule has 5 rings (SSSR count). The molecule has 1 aromatic carbocycles. The number of phenols is 1. The minimum absolute atomic E-state index is 0. The Morgan fingerprint density at radius 1 is 0.712 bits per heavy atom. The largest absolute Gasteiger partial charge is 0.507 e. The van der Waals surface area contributed by atoms with E-state index in [0.29, 0.717) is 12.0 Å². The number of aliphatic hydroxyl groups is 10. The average molecular weight is 849 g/mol. The number of hydrogen-bond acceptors (Lipinski definition) is 17. The number of unbranched alkanes of at least 4 members (excludes halogenated alkanes) is 2. The van der Waals surface area contributed by atoms with Gasteiger partial charge in [0.15, 0.2) is 12.6 Å². The van der Waals surface area contributed by atoms with Gasteiger partial charge in [0.05, 0.1) is 19.8 Å². The van der Waals surface area contributed by atoms with E-state index < -0.39 is 112 Å². The molecule has 17 nitrogen and oxygen atoms in total. The molecule has 17 heteroatoms. The summed E-state index contributed by atoms with van der Waals surface area (Å²) in [4.78, 5) is 0. The first kappa shape index (κ1) is 52.8. The molecule has 4 aliphatic rings. The van der Waals surface area contributed by atoms with E-state index >= 15 is 0 Å². The van der Waals surface area contributed by atoms with Gasteiger partial charge in [-0.15, -0.1) is 0 Å². The fraction of sp³-hybridized carbons (Fsp3) is 0.762. The molecule has 0 bridgehead atoms. The summed E-state index contributed by atoms with van der Waals surface area (Å²) in [7, 11) is 0. The molecule has 0 saturated carbocycles. The summed E-state index contributed by atoms with van der Waals surface area (Å²) in [5.74, 6) is -0.324. The highest BCUT2D eigenvalue weighted by atomic mass is 16.8. The summed E-state index contributed by atoms with van der Waals surface area (Å²) >= 11 is 0. The highest BCUT2D eigenvalue weighted by Crippen LogP contribution is 2.48. The lowest BCUT2D eigenvalue weighted by atomic mass is 9.73. The Labute approximate surface area is 348 Å². The molecule has 0 radical (unpaired) electrons. The predicted molar refractivity (Wildman–Crippen MR) is 215 cm³/mol. The van der Waals surface area contributed by atoms with Gasteiger partial charge in [-0.2, -0.15) is 0 Å². The van der Waals surface area contributed by atoms with Gasteiger partial charge in [0, 0.05) is 11.5 Å². The number of allylic oxidation sites excluding steroid dienone is 3. The van der Waals surface area contributed by atoms with Crippen molar-refractivity contribution in [1.82, 2.24) is 0 Å². The summed E-state index contributed by atoms with van der Waals surface area (Å²) in [6.45, 7) is 7.77. The molecule has 3 aliphatic heterocycles. The Hall–Kier alpha value is -2.30. The van der Waals surface area contributed by atoms with Crippen LogP contribution in [-0.2, 0) is 30.1 Å². The van der Waals surface area contributed by atoms with Crippen molar-refractivity contribution in [2.75, 3.05) is 19.8 Å². The topological polar surface area (TPSA) is 278 Å². The first-order chi connectivity index (χ1) is 26.6. The number of aromatic hydroxyl groups is 1. The Morgan fingerprint density at radius 3 is 1.75 bits per heavy atom. The summed E-state index contributed by atoms with van der Waals surface area (Å²) < 4.78 is 35.7. The molecule has 3 fully saturated rings. The third-order valence-electron chi connectivity index (χ3n) is 11.3. The second-order valence-corrected chi connectivity index (χ2v) is 15.4. The van der Waals surface area contributed by atoms with Crippen LogP contribution in [-0.4, -0.2) is 168 Å². The van der Waals surface area contributed by atoms with Crippen LogP contribution in [0.5, 0.6) is 11.5 Å². The molecule has 1 aromatic rings. The molecule has 1 aliphatic carbocycles. The quantitative estimate of drug-likeness (QED) is 0.0863. The average Bonchev–Trinajstić information content (AvgIpc) is 3.17. The van der Waals surface area contributed by atoms with Crippen molar-refractivity contribution in [2.45, 2.75) is 180 Å². The highest BCUT2D eigenvalue weighted by Gasteiger charge is 2.55. The van der Waals surface area contributed by atoms with Crippen molar-refractivity contribution in [3.05, 3.63) is 47.1 Å². The number of phenolic OH excluding ortho intramolecular Hbond substituents is 1. The number of benzene rings is 1. The van der Waals surface area contributed by atoms with Gasteiger partial charge < -0.3 is 84.6 Å². The van der Waals surface area contributed by atoms with Crippen LogP contribution < -0.4 is 4.74 Å². The van der Waals surface area contributed by atoms with E-state index in [0.717, 1.165) is 48.8 Å². The zero-order valence-electron chi connectivity index (χ0n) is 32.0. The minimum atomic E-state index is -1.94. The summed E-state index contributed by atoms with van der Waals surface area (Å²) in [6.07, 6.45) is -19.0. The van der Waals surface area contributed by atoms with Gasteiger partial charge in [0.1, 0.15) is 84.7 Å². The molecular formula is C42H72O17. The molecule has 0 unspecified atom stereocenters. The summed E-state index contributed by atoms with van der Waals surface area (Å²) in [6, 6.07) is 3.45. The van der Waals surface area contributed by atoms with E-state index in [1.54, 1.807) is 12.1 Å².